The van der Waals surface area contributed by atoms with Crippen LogP contribution in [0.4, 0.5) is 0 Å². The molecule has 98 valence electrons. The molecule has 5 nitrogen and oxygen atoms in total. The molecule has 2 atom stereocenters. The maximum atomic E-state index is 12.3. The SMILES string of the molecule is O=C([C@@H]1CCOC1)N1CCC[C@@H](c2ccn[nH]2)C1. The van der Waals surface area contributed by atoms with Crippen LogP contribution in [0.25, 0.3) is 0 Å². The van der Waals surface area contributed by atoms with E-state index in [1.54, 1.807) is 6.20 Å². The van der Waals surface area contributed by atoms with Gasteiger partial charge in [0.25, 0.3) is 0 Å². The van der Waals surface area contributed by atoms with E-state index in [0.717, 1.165) is 44.7 Å². The highest BCUT2D eigenvalue weighted by Gasteiger charge is 2.31. The second-order valence-corrected chi connectivity index (χ2v) is 5.20. The lowest BCUT2D eigenvalue weighted by Gasteiger charge is -2.33. The Morgan fingerprint density at radius 1 is 1.50 bits per heavy atom. The number of carbonyl (C=O) groups is 1. The van der Waals surface area contributed by atoms with Crippen molar-refractivity contribution in [2.75, 3.05) is 26.3 Å². The number of rotatable bonds is 2. The fourth-order valence-electron chi connectivity index (χ4n) is 2.91. The van der Waals surface area contributed by atoms with Crippen LogP contribution < -0.4 is 0 Å². The van der Waals surface area contributed by atoms with Crippen molar-refractivity contribution in [3.63, 3.8) is 0 Å². The van der Waals surface area contributed by atoms with Gasteiger partial charge in [-0.3, -0.25) is 9.89 Å². The predicted octanol–water partition coefficient (Wildman–Crippen LogP) is 1.15. The smallest absolute Gasteiger partial charge is 0.228 e. The van der Waals surface area contributed by atoms with E-state index in [1.807, 2.05) is 11.0 Å². The molecule has 0 bridgehead atoms. The average Bonchev–Trinajstić information content (AvgIpc) is 3.11. The zero-order valence-electron chi connectivity index (χ0n) is 10.5. The van der Waals surface area contributed by atoms with Crippen molar-refractivity contribution in [1.29, 1.82) is 0 Å². The summed E-state index contributed by atoms with van der Waals surface area (Å²) in [6, 6.07) is 2.01. The molecule has 0 unspecified atom stereocenters. The van der Waals surface area contributed by atoms with E-state index < -0.39 is 0 Å². The number of H-pyrrole nitrogens is 1. The lowest BCUT2D eigenvalue weighted by Crippen LogP contribution is -2.42. The molecule has 3 heterocycles. The highest BCUT2D eigenvalue weighted by Crippen LogP contribution is 2.27. The van der Waals surface area contributed by atoms with Gasteiger partial charge < -0.3 is 9.64 Å². The zero-order chi connectivity index (χ0) is 12.4. The monoisotopic (exact) mass is 249 g/mol. The van der Waals surface area contributed by atoms with Crippen molar-refractivity contribution in [2.45, 2.75) is 25.2 Å². The molecule has 0 spiro atoms. The maximum Gasteiger partial charge on any atom is 0.228 e. The number of amides is 1. The topological polar surface area (TPSA) is 58.2 Å². The Morgan fingerprint density at radius 3 is 3.17 bits per heavy atom. The molecule has 2 aliphatic rings. The number of ether oxygens (including phenoxy) is 1. The van der Waals surface area contributed by atoms with E-state index >= 15 is 0 Å². The number of hydrogen-bond acceptors (Lipinski definition) is 3. The minimum absolute atomic E-state index is 0.0884. The number of aromatic amines is 1. The van der Waals surface area contributed by atoms with E-state index in [4.69, 9.17) is 4.74 Å². The minimum Gasteiger partial charge on any atom is -0.381 e. The van der Waals surface area contributed by atoms with Crippen molar-refractivity contribution < 1.29 is 9.53 Å². The molecule has 18 heavy (non-hydrogen) atoms. The highest BCUT2D eigenvalue weighted by molar-refractivity contribution is 5.79. The number of hydrogen-bond donors (Lipinski definition) is 1. The number of likely N-dealkylation sites (tertiary alicyclic amines) is 1. The van der Waals surface area contributed by atoms with Gasteiger partial charge in [-0.05, 0) is 25.3 Å². The Hall–Kier alpha value is -1.36. The fraction of sp³-hybridized carbons (Fsp3) is 0.692. The Morgan fingerprint density at radius 2 is 2.44 bits per heavy atom. The number of nitrogens with zero attached hydrogens (tertiary/aromatic N) is 2. The first-order chi connectivity index (χ1) is 8.84. The van der Waals surface area contributed by atoms with Gasteiger partial charge >= 0.3 is 0 Å². The third-order valence-electron chi connectivity index (χ3n) is 3.97. The summed E-state index contributed by atoms with van der Waals surface area (Å²) in [5, 5.41) is 7.02. The lowest BCUT2D eigenvalue weighted by atomic mass is 9.93. The quantitative estimate of drug-likeness (QED) is 0.855. The molecule has 0 aliphatic carbocycles. The van der Waals surface area contributed by atoms with Crippen LogP contribution in [-0.2, 0) is 9.53 Å². The molecule has 1 amide bonds. The molecule has 5 heteroatoms. The second-order valence-electron chi connectivity index (χ2n) is 5.20. The molecule has 3 rings (SSSR count). The maximum absolute atomic E-state index is 12.3. The normalized spacial score (nSPS) is 28.6. The van der Waals surface area contributed by atoms with Crippen LogP contribution in [0.2, 0.25) is 0 Å². The Labute approximate surface area is 107 Å². The van der Waals surface area contributed by atoms with Gasteiger partial charge in [0, 0.05) is 37.5 Å². The molecular weight excluding hydrogens is 230 g/mol. The average molecular weight is 249 g/mol. The molecular formula is C13H19N3O2. The van der Waals surface area contributed by atoms with Crippen LogP contribution in [0.5, 0.6) is 0 Å². The van der Waals surface area contributed by atoms with Crippen molar-refractivity contribution in [3.05, 3.63) is 18.0 Å². The van der Waals surface area contributed by atoms with Gasteiger partial charge in [0.2, 0.25) is 5.91 Å². The second kappa shape index (κ2) is 5.10. The van der Waals surface area contributed by atoms with Crippen molar-refractivity contribution in [1.82, 2.24) is 15.1 Å². The predicted molar refractivity (Wildman–Crippen MR) is 66.1 cm³/mol. The van der Waals surface area contributed by atoms with E-state index in [1.165, 1.54) is 0 Å². The van der Waals surface area contributed by atoms with Crippen LogP contribution >= 0.6 is 0 Å². The summed E-state index contributed by atoms with van der Waals surface area (Å²) in [4.78, 5) is 14.3. The highest BCUT2D eigenvalue weighted by atomic mass is 16.5. The molecule has 0 radical (unpaired) electrons. The summed E-state index contributed by atoms with van der Waals surface area (Å²) in [7, 11) is 0. The van der Waals surface area contributed by atoms with Gasteiger partial charge in [-0.25, -0.2) is 0 Å². The molecule has 1 N–H and O–H groups in total. The van der Waals surface area contributed by atoms with E-state index in [0.29, 0.717) is 12.5 Å². The van der Waals surface area contributed by atoms with Gasteiger partial charge in [0.05, 0.1) is 12.5 Å². The number of carbonyl (C=O) groups excluding carboxylic acids is 1. The van der Waals surface area contributed by atoms with E-state index in [2.05, 4.69) is 10.2 Å². The van der Waals surface area contributed by atoms with Gasteiger partial charge in [-0.1, -0.05) is 0 Å². The molecule has 2 saturated heterocycles. The van der Waals surface area contributed by atoms with E-state index in [9.17, 15) is 4.79 Å². The Kier molecular flexibility index (Phi) is 3.32. The standard InChI is InChI=1S/C13H19N3O2/c17-13(11-4-7-18-9-11)16-6-1-2-10(8-16)12-3-5-14-15-12/h3,5,10-11H,1-2,4,6-9H2,(H,14,15)/t10-,11-/m1/s1. The molecule has 1 aromatic rings. The van der Waals surface area contributed by atoms with Gasteiger partial charge in [0.15, 0.2) is 0 Å². The lowest BCUT2D eigenvalue weighted by molar-refractivity contribution is -0.136. The largest absolute Gasteiger partial charge is 0.381 e. The van der Waals surface area contributed by atoms with Crippen molar-refractivity contribution in [2.24, 2.45) is 5.92 Å². The molecule has 0 aromatic carbocycles. The Bertz CT molecular complexity index is 398. The number of piperidine rings is 1. The van der Waals surface area contributed by atoms with E-state index in [-0.39, 0.29) is 11.8 Å². The van der Waals surface area contributed by atoms with Gasteiger partial charge in [-0.2, -0.15) is 5.10 Å². The summed E-state index contributed by atoms with van der Waals surface area (Å²) in [6.45, 7) is 3.04. The summed E-state index contributed by atoms with van der Waals surface area (Å²) >= 11 is 0. The van der Waals surface area contributed by atoms with Crippen molar-refractivity contribution >= 4 is 5.91 Å². The summed E-state index contributed by atoms with van der Waals surface area (Å²) < 4.78 is 5.30. The minimum atomic E-state index is 0.0884. The molecule has 2 fully saturated rings. The Balaban J connectivity index is 1.64. The summed E-state index contributed by atoms with van der Waals surface area (Å²) in [6.07, 6.45) is 4.86. The molecule has 2 aliphatic heterocycles. The number of aromatic nitrogens is 2. The van der Waals surface area contributed by atoms with Crippen LogP contribution in [0.15, 0.2) is 12.3 Å². The van der Waals surface area contributed by atoms with Gasteiger partial charge in [-0.15, -0.1) is 0 Å². The first-order valence-electron chi connectivity index (χ1n) is 6.70. The fourth-order valence-corrected chi connectivity index (χ4v) is 2.91. The first kappa shape index (κ1) is 11.7. The third kappa shape index (κ3) is 2.27. The first-order valence-corrected chi connectivity index (χ1v) is 6.70. The summed E-state index contributed by atoms with van der Waals surface area (Å²) in [5.41, 5.74) is 1.15. The molecule has 1 aromatic heterocycles. The van der Waals surface area contributed by atoms with Crippen molar-refractivity contribution in [3.8, 4) is 0 Å². The molecule has 0 saturated carbocycles. The van der Waals surface area contributed by atoms with Gasteiger partial charge in [0.1, 0.15) is 0 Å². The zero-order valence-corrected chi connectivity index (χ0v) is 10.5. The van der Waals surface area contributed by atoms with Crippen LogP contribution in [0, 0.1) is 5.92 Å². The van der Waals surface area contributed by atoms with Crippen LogP contribution in [-0.4, -0.2) is 47.3 Å². The third-order valence-corrected chi connectivity index (χ3v) is 3.97. The summed E-state index contributed by atoms with van der Waals surface area (Å²) in [5.74, 6) is 0.773. The number of nitrogens with one attached hydrogen (secondary N) is 1. The van der Waals surface area contributed by atoms with Crippen LogP contribution in [0.3, 0.4) is 0 Å². The van der Waals surface area contributed by atoms with Crippen LogP contribution in [0.1, 0.15) is 30.9 Å².